The van der Waals surface area contributed by atoms with Crippen molar-refractivity contribution in [3.63, 3.8) is 0 Å². The number of halogens is 1. The van der Waals surface area contributed by atoms with E-state index in [0.717, 1.165) is 5.69 Å². The molecule has 0 fully saturated rings. The van der Waals surface area contributed by atoms with E-state index in [9.17, 15) is 4.39 Å². The van der Waals surface area contributed by atoms with Crippen LogP contribution in [0, 0.1) is 5.82 Å². The molecule has 0 spiro atoms. The standard InChI is InChI=1S/C8H10FN/c1-10(2)8-5-3-7(9)4-6-8/h3-6H,1-2H3/i5D. The van der Waals surface area contributed by atoms with Gasteiger partial charge in [-0.05, 0) is 24.2 Å². The van der Waals surface area contributed by atoms with Crippen LogP contribution in [0.3, 0.4) is 0 Å². The Morgan fingerprint density at radius 3 is 2.60 bits per heavy atom. The molecule has 0 aliphatic rings. The molecular weight excluding hydrogens is 129 g/mol. The molecule has 0 atom stereocenters. The van der Waals surface area contributed by atoms with Crippen molar-refractivity contribution in [3.8, 4) is 0 Å². The summed E-state index contributed by atoms with van der Waals surface area (Å²) in [5, 5.41) is 0. The predicted molar refractivity (Wildman–Crippen MR) is 40.7 cm³/mol. The van der Waals surface area contributed by atoms with Crippen LogP contribution in [0.5, 0.6) is 0 Å². The van der Waals surface area contributed by atoms with Gasteiger partial charge < -0.3 is 4.90 Å². The molecule has 0 heterocycles. The van der Waals surface area contributed by atoms with E-state index in [1.807, 2.05) is 14.1 Å². The van der Waals surface area contributed by atoms with E-state index in [0.29, 0.717) is 0 Å². The zero-order valence-electron chi connectivity index (χ0n) is 7.06. The van der Waals surface area contributed by atoms with Crippen molar-refractivity contribution in [1.29, 1.82) is 0 Å². The molecule has 0 bridgehead atoms. The van der Waals surface area contributed by atoms with Gasteiger partial charge in [-0.25, -0.2) is 4.39 Å². The highest BCUT2D eigenvalue weighted by atomic mass is 19.1. The molecule has 0 aliphatic carbocycles. The van der Waals surface area contributed by atoms with E-state index in [2.05, 4.69) is 0 Å². The third-order valence-corrected chi connectivity index (χ3v) is 1.24. The van der Waals surface area contributed by atoms with Gasteiger partial charge in [0, 0.05) is 19.8 Å². The van der Waals surface area contributed by atoms with Crippen LogP contribution in [-0.2, 0) is 0 Å². The molecule has 1 aromatic rings. The van der Waals surface area contributed by atoms with Gasteiger partial charge in [0.2, 0.25) is 0 Å². The number of nitrogens with zero attached hydrogens (tertiary/aromatic N) is 1. The summed E-state index contributed by atoms with van der Waals surface area (Å²) in [6.45, 7) is 0. The van der Waals surface area contributed by atoms with Crippen molar-refractivity contribution in [2.45, 2.75) is 0 Å². The van der Waals surface area contributed by atoms with Gasteiger partial charge in [-0.15, -0.1) is 0 Å². The van der Waals surface area contributed by atoms with E-state index in [1.165, 1.54) is 12.1 Å². The number of rotatable bonds is 1. The molecule has 10 heavy (non-hydrogen) atoms. The summed E-state index contributed by atoms with van der Waals surface area (Å²) in [4.78, 5) is 1.78. The monoisotopic (exact) mass is 140 g/mol. The van der Waals surface area contributed by atoms with Crippen molar-refractivity contribution >= 4 is 5.69 Å². The third kappa shape index (κ3) is 1.47. The van der Waals surface area contributed by atoms with Gasteiger partial charge in [-0.3, -0.25) is 0 Å². The highest BCUT2D eigenvalue weighted by molar-refractivity contribution is 5.44. The number of anilines is 1. The Hall–Kier alpha value is -1.05. The average molecular weight is 140 g/mol. The number of benzene rings is 1. The second kappa shape index (κ2) is 2.69. The molecule has 0 radical (unpaired) electrons. The molecule has 0 aliphatic heterocycles. The lowest BCUT2D eigenvalue weighted by Gasteiger charge is -2.10. The summed E-state index contributed by atoms with van der Waals surface area (Å²) in [6.07, 6.45) is 0. The minimum Gasteiger partial charge on any atom is -0.378 e. The quantitative estimate of drug-likeness (QED) is 0.575. The van der Waals surface area contributed by atoms with Gasteiger partial charge >= 0.3 is 0 Å². The molecule has 0 aromatic heterocycles. The molecule has 54 valence electrons. The van der Waals surface area contributed by atoms with Gasteiger partial charge in [0.1, 0.15) is 5.82 Å². The third-order valence-electron chi connectivity index (χ3n) is 1.24. The van der Waals surface area contributed by atoms with Gasteiger partial charge in [0.15, 0.2) is 0 Å². The minimum atomic E-state index is -0.361. The van der Waals surface area contributed by atoms with E-state index in [-0.39, 0.29) is 11.9 Å². The summed E-state index contributed by atoms with van der Waals surface area (Å²) in [6, 6.07) is 4.37. The fraction of sp³-hybridized carbons (Fsp3) is 0.250. The zero-order valence-corrected chi connectivity index (χ0v) is 6.06. The van der Waals surface area contributed by atoms with Crippen molar-refractivity contribution in [2.24, 2.45) is 0 Å². The van der Waals surface area contributed by atoms with Crippen LogP contribution >= 0.6 is 0 Å². The second-order valence-corrected chi connectivity index (χ2v) is 2.29. The zero-order chi connectivity index (χ0) is 8.43. The van der Waals surface area contributed by atoms with Crippen LogP contribution in [0.25, 0.3) is 0 Å². The fourth-order valence-electron chi connectivity index (χ4n) is 0.676. The van der Waals surface area contributed by atoms with E-state index in [4.69, 9.17) is 1.37 Å². The first-order valence-corrected chi connectivity index (χ1v) is 3.05. The van der Waals surface area contributed by atoms with Crippen LogP contribution < -0.4 is 4.90 Å². The van der Waals surface area contributed by atoms with Gasteiger partial charge in [-0.1, -0.05) is 0 Å². The summed E-state index contributed by atoms with van der Waals surface area (Å²) < 4.78 is 19.8. The van der Waals surface area contributed by atoms with Gasteiger partial charge in [0.05, 0.1) is 1.37 Å². The van der Waals surface area contributed by atoms with Gasteiger partial charge in [-0.2, -0.15) is 0 Å². The molecule has 2 heteroatoms. The topological polar surface area (TPSA) is 3.24 Å². The maximum Gasteiger partial charge on any atom is 0.123 e. The first kappa shape index (κ1) is 5.71. The van der Waals surface area contributed by atoms with Crippen molar-refractivity contribution < 1.29 is 5.76 Å². The predicted octanol–water partition coefficient (Wildman–Crippen LogP) is 1.89. The smallest absolute Gasteiger partial charge is 0.123 e. The average Bonchev–Trinajstić information content (AvgIpc) is 1.85. The summed E-state index contributed by atoms with van der Waals surface area (Å²) in [5.74, 6) is -0.361. The van der Waals surface area contributed by atoms with Crippen LogP contribution in [-0.4, -0.2) is 14.1 Å². The van der Waals surface area contributed by atoms with E-state index < -0.39 is 0 Å². The summed E-state index contributed by atoms with van der Waals surface area (Å²) in [5.41, 5.74) is 0.728. The Bertz CT molecular complexity index is 260. The van der Waals surface area contributed by atoms with Crippen molar-refractivity contribution in [1.82, 2.24) is 0 Å². The van der Waals surface area contributed by atoms with Crippen LogP contribution in [0.15, 0.2) is 24.2 Å². The lowest BCUT2D eigenvalue weighted by atomic mass is 10.3. The Morgan fingerprint density at radius 1 is 1.40 bits per heavy atom. The highest BCUT2D eigenvalue weighted by Gasteiger charge is 1.92. The molecule has 0 saturated heterocycles. The van der Waals surface area contributed by atoms with Crippen LogP contribution in [0.4, 0.5) is 10.1 Å². The molecule has 0 N–H and O–H groups in total. The normalized spacial score (nSPS) is 10.9. The summed E-state index contributed by atoms with van der Waals surface area (Å²) in [7, 11) is 3.65. The molecule has 0 unspecified atom stereocenters. The summed E-state index contributed by atoms with van der Waals surface area (Å²) >= 11 is 0. The first-order valence-electron chi connectivity index (χ1n) is 3.55. The van der Waals surface area contributed by atoms with Crippen molar-refractivity contribution in [3.05, 3.63) is 30.1 Å². The molecule has 0 amide bonds. The Labute approximate surface area is 61.5 Å². The number of hydrogen-bond acceptors (Lipinski definition) is 1. The molecular formula is C8H10FN. The van der Waals surface area contributed by atoms with Crippen LogP contribution in [0.2, 0.25) is 0 Å². The van der Waals surface area contributed by atoms with E-state index in [1.54, 1.807) is 11.0 Å². The Morgan fingerprint density at radius 2 is 2.10 bits per heavy atom. The molecule has 1 rings (SSSR count). The lowest BCUT2D eigenvalue weighted by Crippen LogP contribution is -2.07. The highest BCUT2D eigenvalue weighted by Crippen LogP contribution is 2.10. The molecule has 1 nitrogen and oxygen atoms in total. The maximum atomic E-state index is 12.5. The SMILES string of the molecule is [2H]c1cc(F)ccc1N(C)C. The Kier molecular flexibility index (Phi) is 1.54. The Balaban J connectivity index is 3.09. The largest absolute Gasteiger partial charge is 0.378 e. The first-order chi connectivity index (χ1) is 5.11. The fourth-order valence-corrected chi connectivity index (χ4v) is 0.676. The second-order valence-electron chi connectivity index (χ2n) is 2.29. The van der Waals surface area contributed by atoms with Gasteiger partial charge in [0.25, 0.3) is 0 Å². The van der Waals surface area contributed by atoms with E-state index >= 15 is 0 Å². The minimum absolute atomic E-state index is 0.218. The molecule has 1 aromatic carbocycles. The maximum absolute atomic E-state index is 12.5. The number of hydrogen-bond donors (Lipinski definition) is 0. The van der Waals surface area contributed by atoms with Crippen molar-refractivity contribution in [2.75, 3.05) is 19.0 Å². The van der Waals surface area contributed by atoms with Crippen LogP contribution in [0.1, 0.15) is 1.37 Å². The lowest BCUT2D eigenvalue weighted by molar-refractivity contribution is 0.628. The molecule has 0 saturated carbocycles.